The zero-order valence-electron chi connectivity index (χ0n) is 35.1. The van der Waals surface area contributed by atoms with Crippen LogP contribution in [0.15, 0.2) is 58.5 Å². The highest BCUT2D eigenvalue weighted by molar-refractivity contribution is 6.43. The minimum atomic E-state index is 0.991. The van der Waals surface area contributed by atoms with E-state index >= 15 is 0 Å². The maximum atomic E-state index is 5.36. The van der Waals surface area contributed by atoms with Gasteiger partial charge >= 0.3 is 0 Å². The molecule has 2 rings (SSSR count). The van der Waals surface area contributed by atoms with Gasteiger partial charge in [0.2, 0.25) is 0 Å². The summed E-state index contributed by atoms with van der Waals surface area (Å²) in [5, 5.41) is 0. The van der Waals surface area contributed by atoms with Crippen molar-refractivity contribution in [2.75, 3.05) is 0 Å². The van der Waals surface area contributed by atoms with Crippen molar-refractivity contribution in [3.8, 4) is 0 Å². The van der Waals surface area contributed by atoms with Crippen molar-refractivity contribution in [3.05, 3.63) is 65.2 Å². The highest BCUT2D eigenvalue weighted by Crippen LogP contribution is 2.25. The van der Waals surface area contributed by atoms with Crippen molar-refractivity contribution in [3.63, 3.8) is 0 Å². The Balaban J connectivity index is 1.97. The number of unbranched alkanes of at least 4 members (excludes halogenated alkanes) is 20. The summed E-state index contributed by atoms with van der Waals surface area (Å²) in [5.74, 6) is 0. The number of aryl methyl sites for hydroxylation is 2. The Kier molecular flexibility index (Phi) is 28.1. The van der Waals surface area contributed by atoms with E-state index in [-0.39, 0.29) is 0 Å². The zero-order chi connectivity index (χ0) is 37.3. The minimum absolute atomic E-state index is 0.991. The molecular weight excluding hydrogens is 629 g/mol. The fourth-order valence-electron chi connectivity index (χ4n) is 7.29. The molecule has 0 amide bonds. The summed E-state index contributed by atoms with van der Waals surface area (Å²) < 4.78 is 0. The van der Waals surface area contributed by atoms with Crippen molar-refractivity contribution in [2.45, 2.75) is 221 Å². The van der Waals surface area contributed by atoms with Crippen LogP contribution in [0.3, 0.4) is 0 Å². The molecular formula is C50H82N2. The molecule has 0 bridgehead atoms. The number of rotatable bonds is 33. The number of allylic oxidation sites excluding steroid dienone is 1. The Morgan fingerprint density at radius 1 is 0.423 bits per heavy atom. The van der Waals surface area contributed by atoms with Crippen LogP contribution in [0.1, 0.15) is 225 Å². The first-order chi connectivity index (χ1) is 25.6. The van der Waals surface area contributed by atoms with Crippen LogP contribution in [-0.2, 0) is 12.8 Å². The number of benzene rings is 2. The van der Waals surface area contributed by atoms with Crippen LogP contribution in [-0.4, -0.2) is 11.4 Å². The summed E-state index contributed by atoms with van der Waals surface area (Å²) >= 11 is 0. The molecule has 2 aromatic rings. The van der Waals surface area contributed by atoms with E-state index in [2.05, 4.69) is 89.2 Å². The quantitative estimate of drug-likeness (QED) is 0.0520. The fraction of sp³-hybridized carbons (Fsp3) is 0.680. The van der Waals surface area contributed by atoms with Crippen LogP contribution < -0.4 is 0 Å². The lowest BCUT2D eigenvalue weighted by atomic mass is 9.98. The second-order valence-electron chi connectivity index (χ2n) is 15.6. The molecule has 0 aliphatic heterocycles. The molecule has 0 fully saturated rings. The smallest absolute Gasteiger partial charge is 0.0636 e. The van der Waals surface area contributed by atoms with E-state index in [9.17, 15) is 0 Å². The molecule has 0 spiro atoms. The molecule has 0 aromatic heterocycles. The van der Waals surface area contributed by atoms with Gasteiger partial charge in [-0.3, -0.25) is 9.98 Å². The predicted molar refractivity (Wildman–Crippen MR) is 237 cm³/mol. The Labute approximate surface area is 323 Å². The number of hydrogen-bond donors (Lipinski definition) is 0. The number of nitrogens with zero attached hydrogens (tertiary/aromatic N) is 2. The van der Waals surface area contributed by atoms with Gasteiger partial charge in [-0.2, -0.15) is 0 Å². The van der Waals surface area contributed by atoms with Gasteiger partial charge in [0.15, 0.2) is 0 Å². The molecule has 0 N–H and O–H groups in total. The fourth-order valence-corrected chi connectivity index (χ4v) is 7.29. The highest BCUT2D eigenvalue weighted by Gasteiger charge is 2.12. The monoisotopic (exact) mass is 711 g/mol. The summed E-state index contributed by atoms with van der Waals surface area (Å²) in [5.41, 5.74) is 8.79. The van der Waals surface area contributed by atoms with Crippen LogP contribution >= 0.6 is 0 Å². The van der Waals surface area contributed by atoms with E-state index in [1.165, 1.54) is 182 Å². The van der Waals surface area contributed by atoms with E-state index < -0.39 is 0 Å². The van der Waals surface area contributed by atoms with E-state index in [0.29, 0.717) is 0 Å². The molecule has 0 saturated heterocycles. The van der Waals surface area contributed by atoms with Crippen LogP contribution in [0, 0.1) is 0 Å². The van der Waals surface area contributed by atoms with Crippen molar-refractivity contribution in [1.82, 2.24) is 0 Å². The molecule has 0 unspecified atom stereocenters. The summed E-state index contributed by atoms with van der Waals surface area (Å²) in [7, 11) is 0. The maximum absolute atomic E-state index is 5.36. The lowest BCUT2D eigenvalue weighted by Crippen LogP contribution is -2.14. The van der Waals surface area contributed by atoms with Gasteiger partial charge in [-0.05, 0) is 92.3 Å². The van der Waals surface area contributed by atoms with E-state index in [0.717, 1.165) is 43.5 Å². The van der Waals surface area contributed by atoms with E-state index in [1.807, 2.05) is 0 Å². The molecule has 292 valence electrons. The molecule has 0 radical (unpaired) electrons. The summed E-state index contributed by atoms with van der Waals surface area (Å²) in [6, 6.07) is 15.9. The van der Waals surface area contributed by atoms with Gasteiger partial charge in [-0.1, -0.05) is 200 Å². The third-order valence-corrected chi connectivity index (χ3v) is 10.6. The first kappa shape index (κ1) is 45.7. The maximum Gasteiger partial charge on any atom is 0.0636 e. The Morgan fingerprint density at radius 3 is 1.40 bits per heavy atom. The Morgan fingerprint density at radius 2 is 0.865 bits per heavy atom. The van der Waals surface area contributed by atoms with Crippen LogP contribution in [0.4, 0.5) is 11.4 Å². The summed E-state index contributed by atoms with van der Waals surface area (Å²) in [6.45, 7) is 11.4. The molecule has 0 aliphatic carbocycles. The van der Waals surface area contributed by atoms with Crippen LogP contribution in [0.5, 0.6) is 0 Å². The first-order valence-corrected chi connectivity index (χ1v) is 22.7. The normalized spacial score (nSPS) is 12.4. The van der Waals surface area contributed by atoms with Crippen molar-refractivity contribution in [1.29, 1.82) is 0 Å². The molecule has 2 aromatic carbocycles. The third-order valence-electron chi connectivity index (χ3n) is 10.6. The van der Waals surface area contributed by atoms with Crippen molar-refractivity contribution < 1.29 is 0 Å². The zero-order valence-corrected chi connectivity index (χ0v) is 35.1. The minimum Gasteiger partial charge on any atom is -0.252 e. The summed E-state index contributed by atoms with van der Waals surface area (Å²) in [4.78, 5) is 10.7. The average molecular weight is 711 g/mol. The number of aliphatic imine (C=N–C) groups is 2. The average Bonchev–Trinajstić information content (AvgIpc) is 3.16. The molecule has 52 heavy (non-hydrogen) atoms. The molecule has 0 atom stereocenters. The molecule has 0 heterocycles. The highest BCUT2D eigenvalue weighted by atomic mass is 14.8. The predicted octanol–water partition coefficient (Wildman–Crippen LogP) is 17.3. The van der Waals surface area contributed by atoms with Gasteiger partial charge in [-0.15, -0.1) is 0 Å². The van der Waals surface area contributed by atoms with Gasteiger partial charge in [0, 0.05) is 0 Å². The lowest BCUT2D eigenvalue weighted by molar-refractivity contribution is 0.536. The lowest BCUT2D eigenvalue weighted by Gasteiger charge is -2.13. The largest absolute Gasteiger partial charge is 0.252 e. The van der Waals surface area contributed by atoms with Crippen LogP contribution in [0.2, 0.25) is 0 Å². The number of hydrogen-bond acceptors (Lipinski definition) is 2. The van der Waals surface area contributed by atoms with Crippen molar-refractivity contribution >= 4 is 28.9 Å². The summed E-state index contributed by atoms with van der Waals surface area (Å²) in [6.07, 6.45) is 42.4. The van der Waals surface area contributed by atoms with Gasteiger partial charge in [-0.25, -0.2) is 0 Å². The molecule has 0 aliphatic rings. The van der Waals surface area contributed by atoms with Gasteiger partial charge in [0.25, 0.3) is 0 Å². The molecule has 2 nitrogen and oxygen atoms in total. The second kappa shape index (κ2) is 32.0. The van der Waals surface area contributed by atoms with E-state index in [1.54, 1.807) is 0 Å². The van der Waals surface area contributed by atoms with Gasteiger partial charge in [0.1, 0.15) is 0 Å². The van der Waals surface area contributed by atoms with Gasteiger partial charge < -0.3 is 0 Å². The topological polar surface area (TPSA) is 24.7 Å². The van der Waals surface area contributed by atoms with Crippen LogP contribution in [0.25, 0.3) is 6.08 Å². The standard InChI is InChI=1S/C50H82N2/c1-6-11-14-16-18-19-20-21-22-23-24-25-26-27-28-30-34-44-37-40-47(41-38-44)51-50(36-31-29-17-15-12-7-2)49(35-13-8-3)52-48-42-39-45(32-9-4)46(43-48)33-10-5/h30,34,37-43H,6-29,31-33,35-36H2,1-5H3. The van der Waals surface area contributed by atoms with Gasteiger partial charge in [0.05, 0.1) is 22.8 Å². The van der Waals surface area contributed by atoms with Crippen molar-refractivity contribution in [2.24, 2.45) is 9.98 Å². The second-order valence-corrected chi connectivity index (χ2v) is 15.6. The third kappa shape index (κ3) is 21.9. The SMILES string of the molecule is CCCCCCCCCCCCCCCCC=Cc1ccc(N=C(CCCCCCCC)C(CCCC)=Nc2ccc(CCC)c(CCC)c2)cc1. The molecule has 2 heteroatoms. The Hall–Kier alpha value is -2.48. The van der Waals surface area contributed by atoms with E-state index in [4.69, 9.17) is 9.98 Å². The first-order valence-electron chi connectivity index (χ1n) is 22.7. The Bertz CT molecular complexity index is 1220. The molecule has 0 saturated carbocycles.